The normalized spacial score (nSPS) is 12.5. The van der Waals surface area contributed by atoms with Gasteiger partial charge in [-0.3, -0.25) is 4.79 Å². The number of aromatic nitrogens is 2. The molecular weight excluding hydrogens is 302 g/mol. The molecule has 0 radical (unpaired) electrons. The van der Waals surface area contributed by atoms with Crippen LogP contribution in [0.25, 0.3) is 11.3 Å². The minimum Gasteiger partial charge on any atom is -0.268 e. The Morgan fingerprint density at radius 2 is 1.57 bits per heavy atom. The molecule has 1 aromatic heterocycles. The van der Waals surface area contributed by atoms with E-state index in [0.29, 0.717) is 12.1 Å². The lowest BCUT2D eigenvalue weighted by molar-refractivity contribution is -0.142. The SMILES string of the molecule is O=c1ccc(-c2ccc(C(F)(F)F)cc2C(F)(F)F)n[nH]1. The zero-order valence-corrected chi connectivity index (χ0v) is 10.0. The molecule has 0 aliphatic heterocycles. The van der Waals surface area contributed by atoms with Crippen LogP contribution in [-0.2, 0) is 12.4 Å². The third kappa shape index (κ3) is 3.23. The predicted molar refractivity (Wildman–Crippen MR) is 60.3 cm³/mol. The first-order chi connectivity index (χ1) is 9.59. The Balaban J connectivity index is 2.66. The van der Waals surface area contributed by atoms with Gasteiger partial charge in [-0.05, 0) is 18.2 Å². The zero-order chi connectivity index (χ0) is 15.8. The first-order valence-electron chi connectivity index (χ1n) is 5.43. The fraction of sp³-hybridized carbons (Fsp3) is 0.167. The summed E-state index contributed by atoms with van der Waals surface area (Å²) in [5.74, 6) is 0. The van der Waals surface area contributed by atoms with Gasteiger partial charge in [-0.1, -0.05) is 6.07 Å². The van der Waals surface area contributed by atoms with Crippen molar-refractivity contribution in [3.8, 4) is 11.3 Å². The molecule has 0 fully saturated rings. The Morgan fingerprint density at radius 1 is 0.905 bits per heavy atom. The second-order valence-electron chi connectivity index (χ2n) is 4.06. The van der Waals surface area contributed by atoms with E-state index in [0.717, 1.165) is 12.1 Å². The highest BCUT2D eigenvalue weighted by Crippen LogP contribution is 2.40. The second-order valence-corrected chi connectivity index (χ2v) is 4.06. The maximum Gasteiger partial charge on any atom is 0.417 e. The van der Waals surface area contributed by atoms with Crippen LogP contribution in [0.2, 0.25) is 0 Å². The molecule has 2 aromatic rings. The smallest absolute Gasteiger partial charge is 0.268 e. The summed E-state index contributed by atoms with van der Waals surface area (Å²) in [4.78, 5) is 10.8. The monoisotopic (exact) mass is 308 g/mol. The van der Waals surface area contributed by atoms with Crippen LogP contribution in [0.15, 0.2) is 35.1 Å². The van der Waals surface area contributed by atoms with Crippen LogP contribution in [0.1, 0.15) is 11.1 Å². The first kappa shape index (κ1) is 15.1. The van der Waals surface area contributed by atoms with E-state index in [9.17, 15) is 31.1 Å². The van der Waals surface area contributed by atoms with Crippen LogP contribution >= 0.6 is 0 Å². The van der Waals surface area contributed by atoms with Gasteiger partial charge in [0.2, 0.25) is 0 Å². The van der Waals surface area contributed by atoms with E-state index in [1.54, 1.807) is 0 Å². The molecule has 21 heavy (non-hydrogen) atoms. The Labute approximate surface area is 113 Å². The van der Waals surface area contributed by atoms with Gasteiger partial charge in [-0.15, -0.1) is 0 Å². The maximum atomic E-state index is 12.9. The number of aromatic amines is 1. The third-order valence-electron chi connectivity index (χ3n) is 2.61. The van der Waals surface area contributed by atoms with Crippen LogP contribution in [-0.4, -0.2) is 10.2 Å². The summed E-state index contributed by atoms with van der Waals surface area (Å²) in [6, 6.07) is 3.14. The summed E-state index contributed by atoms with van der Waals surface area (Å²) in [7, 11) is 0. The molecule has 0 aliphatic rings. The number of rotatable bonds is 1. The lowest BCUT2D eigenvalue weighted by Crippen LogP contribution is -2.13. The molecule has 1 heterocycles. The highest BCUT2D eigenvalue weighted by atomic mass is 19.4. The van der Waals surface area contributed by atoms with E-state index < -0.39 is 34.6 Å². The van der Waals surface area contributed by atoms with Crippen molar-refractivity contribution in [2.75, 3.05) is 0 Å². The Bertz CT molecular complexity index is 696. The third-order valence-corrected chi connectivity index (χ3v) is 2.61. The first-order valence-corrected chi connectivity index (χ1v) is 5.43. The summed E-state index contributed by atoms with van der Waals surface area (Å²) in [6.07, 6.45) is -9.88. The molecule has 0 aliphatic carbocycles. The van der Waals surface area contributed by atoms with E-state index in [2.05, 4.69) is 5.10 Å². The minimum absolute atomic E-state index is 0.0160. The molecule has 112 valence electrons. The molecule has 0 atom stereocenters. The number of benzene rings is 1. The molecule has 0 spiro atoms. The lowest BCUT2D eigenvalue weighted by Gasteiger charge is -2.15. The topological polar surface area (TPSA) is 45.8 Å². The van der Waals surface area contributed by atoms with Gasteiger partial charge >= 0.3 is 12.4 Å². The highest BCUT2D eigenvalue weighted by molar-refractivity contribution is 5.64. The molecule has 2 rings (SSSR count). The van der Waals surface area contributed by atoms with Gasteiger partial charge in [0.15, 0.2) is 0 Å². The van der Waals surface area contributed by atoms with Crippen LogP contribution in [0, 0.1) is 0 Å². The molecule has 9 heteroatoms. The van der Waals surface area contributed by atoms with E-state index in [4.69, 9.17) is 0 Å². The van der Waals surface area contributed by atoms with Gasteiger partial charge in [0.25, 0.3) is 5.56 Å². The quantitative estimate of drug-likeness (QED) is 0.820. The summed E-state index contributed by atoms with van der Waals surface area (Å²) in [6.45, 7) is 0. The number of H-pyrrole nitrogens is 1. The van der Waals surface area contributed by atoms with Crippen LogP contribution < -0.4 is 5.56 Å². The van der Waals surface area contributed by atoms with Gasteiger partial charge in [0, 0.05) is 11.6 Å². The summed E-state index contributed by atoms with van der Waals surface area (Å²) in [5, 5.41) is 5.32. The molecular formula is C12H6F6N2O. The largest absolute Gasteiger partial charge is 0.417 e. The number of hydrogen-bond acceptors (Lipinski definition) is 2. The van der Waals surface area contributed by atoms with E-state index in [1.165, 1.54) is 0 Å². The molecule has 3 nitrogen and oxygen atoms in total. The Hall–Kier alpha value is -2.32. The molecule has 0 amide bonds. The number of nitrogens with zero attached hydrogens (tertiary/aromatic N) is 1. The number of nitrogens with one attached hydrogen (secondary N) is 1. The van der Waals surface area contributed by atoms with Crippen LogP contribution in [0.3, 0.4) is 0 Å². The van der Waals surface area contributed by atoms with Crippen LogP contribution in [0.4, 0.5) is 26.3 Å². The van der Waals surface area contributed by atoms with Gasteiger partial charge in [-0.25, -0.2) is 5.10 Å². The zero-order valence-electron chi connectivity index (χ0n) is 10.0. The summed E-state index contributed by atoms with van der Waals surface area (Å²) >= 11 is 0. The van der Waals surface area contributed by atoms with Gasteiger partial charge in [-0.2, -0.15) is 31.4 Å². The fourth-order valence-corrected chi connectivity index (χ4v) is 1.67. The van der Waals surface area contributed by atoms with E-state index in [-0.39, 0.29) is 11.8 Å². The Morgan fingerprint density at radius 3 is 2.05 bits per heavy atom. The molecule has 0 saturated heterocycles. The lowest BCUT2D eigenvalue weighted by atomic mass is 10.0. The van der Waals surface area contributed by atoms with Gasteiger partial charge < -0.3 is 0 Å². The molecule has 0 saturated carbocycles. The predicted octanol–water partition coefficient (Wildman–Crippen LogP) is 3.47. The average molecular weight is 308 g/mol. The highest BCUT2D eigenvalue weighted by Gasteiger charge is 2.38. The number of hydrogen-bond donors (Lipinski definition) is 1. The van der Waals surface area contributed by atoms with Crippen molar-refractivity contribution in [3.05, 3.63) is 51.8 Å². The molecule has 0 bridgehead atoms. The van der Waals surface area contributed by atoms with Crippen molar-refractivity contribution >= 4 is 0 Å². The van der Waals surface area contributed by atoms with E-state index >= 15 is 0 Å². The van der Waals surface area contributed by atoms with E-state index in [1.807, 2.05) is 5.10 Å². The van der Waals surface area contributed by atoms with Gasteiger partial charge in [0.05, 0.1) is 16.8 Å². The molecule has 0 unspecified atom stereocenters. The average Bonchev–Trinajstić information content (AvgIpc) is 2.37. The standard InChI is InChI=1S/C12H6F6N2O/c13-11(14,15)6-1-2-7(8(5-6)12(16,17)18)9-3-4-10(21)20-19-9/h1-5H,(H,20,21). The number of halogens is 6. The van der Waals surface area contributed by atoms with Crippen molar-refractivity contribution in [1.29, 1.82) is 0 Å². The minimum atomic E-state index is -4.99. The molecule has 1 N–H and O–H groups in total. The Kier molecular flexibility index (Phi) is 3.52. The second kappa shape index (κ2) is 4.90. The summed E-state index contributed by atoms with van der Waals surface area (Å²) in [5.41, 5.74) is -4.36. The van der Waals surface area contributed by atoms with Crippen molar-refractivity contribution in [2.24, 2.45) is 0 Å². The van der Waals surface area contributed by atoms with Crippen molar-refractivity contribution in [2.45, 2.75) is 12.4 Å². The fourth-order valence-electron chi connectivity index (χ4n) is 1.67. The maximum absolute atomic E-state index is 12.9. The number of alkyl halides is 6. The van der Waals surface area contributed by atoms with Crippen molar-refractivity contribution in [3.63, 3.8) is 0 Å². The van der Waals surface area contributed by atoms with Crippen LogP contribution in [0.5, 0.6) is 0 Å². The summed E-state index contributed by atoms with van der Waals surface area (Å²) < 4.78 is 76.3. The molecule has 1 aromatic carbocycles. The van der Waals surface area contributed by atoms with Gasteiger partial charge in [0.1, 0.15) is 0 Å². The van der Waals surface area contributed by atoms with Crippen molar-refractivity contribution in [1.82, 2.24) is 10.2 Å². The van der Waals surface area contributed by atoms with Crippen molar-refractivity contribution < 1.29 is 26.3 Å².